The maximum absolute atomic E-state index is 11.2. The zero-order valence-electron chi connectivity index (χ0n) is 15.2. The van der Waals surface area contributed by atoms with Crippen LogP contribution in [0.5, 0.6) is 11.5 Å². The monoisotopic (exact) mass is 388 g/mol. The molecule has 0 radical (unpaired) electrons. The minimum atomic E-state index is -0.152. The minimum Gasteiger partial charge on any atom is -0.493 e. The molecule has 0 bridgehead atoms. The van der Waals surface area contributed by atoms with E-state index in [0.29, 0.717) is 28.9 Å². The molecule has 2 aromatic heterocycles. The van der Waals surface area contributed by atoms with Crippen molar-refractivity contribution in [1.82, 2.24) is 19.9 Å². The van der Waals surface area contributed by atoms with Gasteiger partial charge in [-0.25, -0.2) is 9.97 Å². The molecular weight excluding hydrogens is 368 g/mol. The molecule has 0 unspecified atom stereocenters. The number of methoxy groups -OCH3 is 2. The predicted molar refractivity (Wildman–Crippen MR) is 104 cm³/mol. The molecule has 0 saturated carbocycles. The Hall–Kier alpha value is -3.07. The van der Waals surface area contributed by atoms with Gasteiger partial charge in [0, 0.05) is 30.9 Å². The number of hydrogen-bond donors (Lipinski definition) is 2. The Bertz CT molecular complexity index is 987. The molecule has 2 N–H and O–H groups in total. The van der Waals surface area contributed by atoms with E-state index in [-0.39, 0.29) is 11.1 Å². The Morgan fingerprint density at radius 3 is 2.15 bits per heavy atom. The van der Waals surface area contributed by atoms with Gasteiger partial charge in [0.2, 0.25) is 0 Å². The first-order valence-electron chi connectivity index (χ1n) is 7.90. The first kappa shape index (κ1) is 20.2. The molecule has 8 nitrogen and oxygen atoms in total. The van der Waals surface area contributed by atoms with Gasteiger partial charge in [0.05, 0.1) is 14.2 Å². The van der Waals surface area contributed by atoms with E-state index in [2.05, 4.69) is 19.9 Å². The number of thioether (sulfide) groups is 1. The van der Waals surface area contributed by atoms with Gasteiger partial charge in [0.15, 0.2) is 16.7 Å². The number of H-pyrrole nitrogens is 2. The van der Waals surface area contributed by atoms with Crippen LogP contribution in [0.1, 0.15) is 11.4 Å². The number of nitrogens with one attached hydrogen (secondary N) is 2. The Morgan fingerprint density at radius 2 is 1.59 bits per heavy atom. The molecule has 3 aromatic rings. The average molecular weight is 388 g/mol. The SMILES string of the molecule is COc1ccc(Cc2nccc(=O)[nH]2)cc1OC.CSc1nccc(=O)[nH]1. The molecule has 0 aliphatic carbocycles. The van der Waals surface area contributed by atoms with Crippen molar-refractivity contribution in [2.24, 2.45) is 0 Å². The van der Waals surface area contributed by atoms with Crippen molar-refractivity contribution in [3.05, 3.63) is 74.8 Å². The Labute approximate surface area is 160 Å². The molecule has 0 spiro atoms. The second-order valence-electron chi connectivity index (χ2n) is 5.19. The van der Waals surface area contributed by atoms with Crippen molar-refractivity contribution >= 4 is 11.8 Å². The highest BCUT2D eigenvalue weighted by Crippen LogP contribution is 2.27. The summed E-state index contributed by atoms with van der Waals surface area (Å²) in [5.74, 6) is 1.96. The van der Waals surface area contributed by atoms with Crippen LogP contribution >= 0.6 is 11.8 Å². The number of benzene rings is 1. The average Bonchev–Trinajstić information content (AvgIpc) is 2.68. The number of hydrogen-bond acceptors (Lipinski definition) is 7. The summed E-state index contributed by atoms with van der Waals surface area (Å²) < 4.78 is 10.4. The molecule has 0 amide bonds. The van der Waals surface area contributed by atoms with E-state index >= 15 is 0 Å². The lowest BCUT2D eigenvalue weighted by atomic mass is 10.1. The van der Waals surface area contributed by atoms with Gasteiger partial charge in [-0.15, -0.1) is 0 Å². The second kappa shape index (κ2) is 10.2. The molecular formula is C18H20N4O4S. The highest BCUT2D eigenvalue weighted by atomic mass is 32.2. The van der Waals surface area contributed by atoms with E-state index in [1.54, 1.807) is 14.2 Å². The van der Waals surface area contributed by atoms with Gasteiger partial charge in [-0.05, 0) is 24.0 Å². The van der Waals surface area contributed by atoms with Crippen molar-refractivity contribution in [3.63, 3.8) is 0 Å². The Kier molecular flexibility index (Phi) is 7.63. The van der Waals surface area contributed by atoms with E-state index in [9.17, 15) is 9.59 Å². The van der Waals surface area contributed by atoms with Crippen LogP contribution < -0.4 is 20.6 Å². The zero-order valence-corrected chi connectivity index (χ0v) is 16.0. The van der Waals surface area contributed by atoms with Crippen LogP contribution in [0.3, 0.4) is 0 Å². The van der Waals surface area contributed by atoms with Crippen molar-refractivity contribution in [2.75, 3.05) is 20.5 Å². The maximum Gasteiger partial charge on any atom is 0.251 e. The lowest BCUT2D eigenvalue weighted by Crippen LogP contribution is -2.09. The lowest BCUT2D eigenvalue weighted by molar-refractivity contribution is 0.354. The lowest BCUT2D eigenvalue weighted by Gasteiger charge is -2.09. The third kappa shape index (κ3) is 6.30. The van der Waals surface area contributed by atoms with E-state index in [1.807, 2.05) is 24.5 Å². The van der Waals surface area contributed by atoms with Crippen LogP contribution in [0.15, 0.2) is 57.5 Å². The highest BCUT2D eigenvalue weighted by Gasteiger charge is 2.06. The topological polar surface area (TPSA) is 110 Å². The van der Waals surface area contributed by atoms with Gasteiger partial charge >= 0.3 is 0 Å². The van der Waals surface area contributed by atoms with Crippen molar-refractivity contribution < 1.29 is 9.47 Å². The van der Waals surface area contributed by atoms with Gasteiger partial charge in [0.1, 0.15) is 5.82 Å². The Balaban J connectivity index is 0.000000244. The smallest absolute Gasteiger partial charge is 0.251 e. The summed E-state index contributed by atoms with van der Waals surface area (Å²) in [5.41, 5.74) is 0.733. The number of aromatic nitrogens is 4. The molecule has 0 atom stereocenters. The molecule has 0 fully saturated rings. The molecule has 0 aliphatic rings. The fourth-order valence-corrected chi connectivity index (χ4v) is 2.51. The van der Waals surface area contributed by atoms with Crippen LogP contribution in [0.25, 0.3) is 0 Å². The molecule has 0 saturated heterocycles. The van der Waals surface area contributed by atoms with Crippen molar-refractivity contribution in [2.45, 2.75) is 11.6 Å². The van der Waals surface area contributed by atoms with Gasteiger partial charge in [-0.2, -0.15) is 0 Å². The first-order chi connectivity index (χ1) is 13.0. The van der Waals surface area contributed by atoms with Crippen LogP contribution in [0.4, 0.5) is 0 Å². The quantitative estimate of drug-likeness (QED) is 0.507. The summed E-state index contributed by atoms with van der Waals surface area (Å²) in [7, 11) is 3.18. The number of aromatic amines is 2. The minimum absolute atomic E-state index is 0.102. The van der Waals surface area contributed by atoms with E-state index in [4.69, 9.17) is 9.47 Å². The number of rotatable bonds is 5. The standard InChI is InChI=1S/C13H14N2O3.C5H6N2OS/c1-17-10-4-3-9(7-11(10)18-2)8-12-14-6-5-13(16)15-12;1-9-5-6-3-2-4(8)7-5/h3-7H,8H2,1-2H3,(H,14,15,16);2-3H,1H3,(H,6,7,8). The molecule has 142 valence electrons. The van der Waals surface area contributed by atoms with Gasteiger partial charge in [0.25, 0.3) is 11.1 Å². The third-order valence-corrected chi connectivity index (χ3v) is 3.98. The van der Waals surface area contributed by atoms with Crippen molar-refractivity contribution in [3.8, 4) is 11.5 Å². The van der Waals surface area contributed by atoms with Crippen molar-refractivity contribution in [1.29, 1.82) is 0 Å². The predicted octanol–water partition coefficient (Wildman–Crippen LogP) is 1.87. The maximum atomic E-state index is 11.2. The van der Waals surface area contributed by atoms with E-state index < -0.39 is 0 Å². The van der Waals surface area contributed by atoms with Crippen LogP contribution in [0, 0.1) is 0 Å². The summed E-state index contributed by atoms with van der Waals surface area (Å²) in [6, 6.07) is 8.38. The molecule has 27 heavy (non-hydrogen) atoms. The summed E-state index contributed by atoms with van der Waals surface area (Å²) in [6.07, 6.45) is 5.38. The molecule has 1 aromatic carbocycles. The Morgan fingerprint density at radius 1 is 0.926 bits per heavy atom. The van der Waals surface area contributed by atoms with Crippen LogP contribution in [-0.2, 0) is 6.42 Å². The van der Waals surface area contributed by atoms with Crippen LogP contribution in [0.2, 0.25) is 0 Å². The molecule has 0 aliphatic heterocycles. The largest absolute Gasteiger partial charge is 0.493 e. The van der Waals surface area contributed by atoms with Gasteiger partial charge in [-0.1, -0.05) is 17.8 Å². The summed E-state index contributed by atoms with van der Waals surface area (Å²) >= 11 is 1.42. The normalized spacial score (nSPS) is 9.89. The second-order valence-corrected chi connectivity index (χ2v) is 5.99. The summed E-state index contributed by atoms with van der Waals surface area (Å²) in [6.45, 7) is 0. The van der Waals surface area contributed by atoms with E-state index in [1.165, 1.54) is 36.3 Å². The number of nitrogens with zero attached hydrogens (tertiary/aromatic N) is 2. The van der Waals surface area contributed by atoms with Gasteiger partial charge in [-0.3, -0.25) is 9.59 Å². The molecule has 9 heteroatoms. The summed E-state index contributed by atoms with van der Waals surface area (Å²) in [4.78, 5) is 34.9. The van der Waals surface area contributed by atoms with Gasteiger partial charge < -0.3 is 19.4 Å². The zero-order chi connectivity index (χ0) is 19.6. The fraction of sp³-hybridized carbons (Fsp3) is 0.222. The fourth-order valence-electron chi connectivity index (χ4n) is 2.14. The first-order valence-corrected chi connectivity index (χ1v) is 9.12. The third-order valence-electron chi connectivity index (χ3n) is 3.38. The molecule has 3 rings (SSSR count). The van der Waals surface area contributed by atoms with E-state index in [0.717, 1.165) is 5.56 Å². The van der Waals surface area contributed by atoms with Crippen LogP contribution in [-0.4, -0.2) is 40.4 Å². The highest BCUT2D eigenvalue weighted by molar-refractivity contribution is 7.98. The molecule has 2 heterocycles. The number of ether oxygens (including phenoxy) is 2. The summed E-state index contributed by atoms with van der Waals surface area (Å²) in [5, 5.41) is 0.655.